The van der Waals surface area contributed by atoms with E-state index in [0.717, 1.165) is 13.0 Å². The molecule has 0 unspecified atom stereocenters. The Labute approximate surface area is 111 Å². The molecule has 0 radical (unpaired) electrons. The molecule has 0 fully saturated rings. The van der Waals surface area contributed by atoms with Gasteiger partial charge in [0, 0.05) is 6.07 Å². The zero-order chi connectivity index (χ0) is 13.1. The van der Waals surface area contributed by atoms with Crippen molar-refractivity contribution in [2.24, 2.45) is 0 Å². The van der Waals surface area contributed by atoms with Gasteiger partial charge in [-0.15, -0.1) is 0 Å². The minimum Gasteiger partial charge on any atom is -0.478 e. The number of anilines is 1. The normalized spacial score (nSPS) is 10.5. The van der Waals surface area contributed by atoms with Crippen LogP contribution in [-0.4, -0.2) is 11.6 Å². The van der Waals surface area contributed by atoms with Crippen LogP contribution in [0.5, 0.6) is 5.88 Å². The van der Waals surface area contributed by atoms with Crippen LogP contribution < -0.4 is 10.5 Å². The third-order valence-electron chi connectivity index (χ3n) is 3.01. The molecule has 3 heteroatoms. The second-order valence-corrected chi connectivity index (χ2v) is 4.75. The van der Waals surface area contributed by atoms with Gasteiger partial charge in [0.05, 0.1) is 18.5 Å². The van der Waals surface area contributed by atoms with Crippen molar-refractivity contribution in [1.29, 1.82) is 0 Å². The average molecular weight is 250 g/mol. The summed E-state index contributed by atoms with van der Waals surface area (Å²) in [5.74, 6) is 0.673. The molecule has 0 aromatic carbocycles. The number of rotatable bonds is 10. The van der Waals surface area contributed by atoms with Gasteiger partial charge in [0.2, 0.25) is 5.88 Å². The minimum absolute atomic E-state index is 0.673. The summed E-state index contributed by atoms with van der Waals surface area (Å²) in [6.07, 6.45) is 12.2. The predicted octanol–water partition coefficient (Wildman–Crippen LogP) is 4.18. The van der Waals surface area contributed by atoms with Gasteiger partial charge in [0.15, 0.2) is 0 Å². The molecule has 0 aliphatic carbocycles. The summed E-state index contributed by atoms with van der Waals surface area (Å²) in [5, 5.41) is 0. The number of ether oxygens (including phenoxy) is 1. The zero-order valence-corrected chi connectivity index (χ0v) is 11.5. The lowest BCUT2D eigenvalue weighted by molar-refractivity contribution is 0.293. The first-order valence-corrected chi connectivity index (χ1v) is 7.17. The van der Waals surface area contributed by atoms with E-state index in [1.54, 1.807) is 6.20 Å². The topological polar surface area (TPSA) is 48.1 Å². The maximum atomic E-state index is 5.55. The predicted molar refractivity (Wildman–Crippen MR) is 76.8 cm³/mol. The number of hydrogen-bond donors (Lipinski definition) is 1. The zero-order valence-electron chi connectivity index (χ0n) is 11.5. The van der Waals surface area contributed by atoms with Gasteiger partial charge in [0.1, 0.15) is 0 Å². The number of pyridine rings is 1. The molecule has 0 aliphatic rings. The fraction of sp³-hybridized carbons (Fsp3) is 0.667. The number of nitrogens with zero attached hydrogens (tertiary/aromatic N) is 1. The molecule has 18 heavy (non-hydrogen) atoms. The minimum atomic E-state index is 0.673. The van der Waals surface area contributed by atoms with Crippen LogP contribution in [0.25, 0.3) is 0 Å². The maximum absolute atomic E-state index is 5.55. The van der Waals surface area contributed by atoms with Gasteiger partial charge in [-0.2, -0.15) is 0 Å². The summed E-state index contributed by atoms with van der Waals surface area (Å²) in [7, 11) is 0. The fourth-order valence-corrected chi connectivity index (χ4v) is 1.89. The van der Waals surface area contributed by atoms with Crippen molar-refractivity contribution < 1.29 is 4.74 Å². The van der Waals surface area contributed by atoms with Crippen LogP contribution in [0.4, 0.5) is 5.69 Å². The third-order valence-corrected chi connectivity index (χ3v) is 3.01. The Morgan fingerprint density at radius 2 is 1.67 bits per heavy atom. The lowest BCUT2D eigenvalue weighted by atomic mass is 10.1. The molecule has 1 aromatic rings. The highest BCUT2D eigenvalue weighted by Gasteiger charge is 1.95. The molecule has 0 bridgehead atoms. The van der Waals surface area contributed by atoms with Crippen molar-refractivity contribution in [1.82, 2.24) is 4.98 Å². The van der Waals surface area contributed by atoms with E-state index in [1.165, 1.54) is 44.9 Å². The van der Waals surface area contributed by atoms with Crippen LogP contribution in [0.15, 0.2) is 18.3 Å². The van der Waals surface area contributed by atoms with Crippen molar-refractivity contribution in [3.63, 3.8) is 0 Å². The van der Waals surface area contributed by atoms with Gasteiger partial charge >= 0.3 is 0 Å². The summed E-state index contributed by atoms with van der Waals surface area (Å²) in [4.78, 5) is 4.10. The highest BCUT2D eigenvalue weighted by Crippen LogP contribution is 2.11. The van der Waals surface area contributed by atoms with Gasteiger partial charge in [0.25, 0.3) is 0 Å². The number of aromatic nitrogens is 1. The van der Waals surface area contributed by atoms with Crippen LogP contribution in [0.2, 0.25) is 0 Å². The number of unbranched alkanes of at least 4 members (excludes halogenated alkanes) is 7. The summed E-state index contributed by atoms with van der Waals surface area (Å²) in [6.45, 7) is 3.01. The molecular weight excluding hydrogens is 224 g/mol. The fourth-order valence-electron chi connectivity index (χ4n) is 1.89. The molecule has 0 spiro atoms. The summed E-state index contributed by atoms with van der Waals surface area (Å²) in [6, 6.07) is 3.64. The smallest absolute Gasteiger partial charge is 0.213 e. The van der Waals surface area contributed by atoms with Gasteiger partial charge in [-0.3, -0.25) is 0 Å². The highest BCUT2D eigenvalue weighted by atomic mass is 16.5. The van der Waals surface area contributed by atoms with Crippen molar-refractivity contribution in [3.8, 4) is 5.88 Å². The van der Waals surface area contributed by atoms with Crippen molar-refractivity contribution >= 4 is 5.69 Å². The molecule has 0 amide bonds. The summed E-state index contributed by atoms with van der Waals surface area (Å²) >= 11 is 0. The van der Waals surface area contributed by atoms with Crippen LogP contribution in [0.1, 0.15) is 58.3 Å². The Bertz CT molecular complexity index is 298. The molecule has 2 N–H and O–H groups in total. The van der Waals surface area contributed by atoms with Crippen molar-refractivity contribution in [2.45, 2.75) is 58.3 Å². The third kappa shape index (κ3) is 7.15. The van der Waals surface area contributed by atoms with E-state index in [0.29, 0.717) is 11.6 Å². The monoisotopic (exact) mass is 250 g/mol. The van der Waals surface area contributed by atoms with Gasteiger partial charge in [-0.05, 0) is 12.5 Å². The first-order valence-electron chi connectivity index (χ1n) is 7.17. The average Bonchev–Trinajstić information content (AvgIpc) is 2.39. The molecule has 3 nitrogen and oxygen atoms in total. The van der Waals surface area contributed by atoms with E-state index in [-0.39, 0.29) is 0 Å². The summed E-state index contributed by atoms with van der Waals surface area (Å²) in [5.41, 5.74) is 6.23. The molecule has 102 valence electrons. The van der Waals surface area contributed by atoms with Gasteiger partial charge in [-0.25, -0.2) is 4.98 Å². The maximum Gasteiger partial charge on any atom is 0.213 e. The molecule has 0 saturated carbocycles. The van der Waals surface area contributed by atoms with Crippen LogP contribution in [-0.2, 0) is 0 Å². The Morgan fingerprint density at radius 1 is 1.00 bits per heavy atom. The first-order chi connectivity index (χ1) is 8.83. The van der Waals surface area contributed by atoms with Crippen LogP contribution >= 0.6 is 0 Å². The van der Waals surface area contributed by atoms with E-state index in [2.05, 4.69) is 11.9 Å². The second kappa shape index (κ2) is 9.75. The largest absolute Gasteiger partial charge is 0.478 e. The molecular formula is C15H26N2O. The van der Waals surface area contributed by atoms with E-state index in [9.17, 15) is 0 Å². The standard InChI is InChI=1S/C15H26N2O/c1-2-3-4-5-6-7-8-9-12-18-15-11-10-14(16)13-17-15/h10-11,13H,2-9,12,16H2,1H3. The second-order valence-electron chi connectivity index (χ2n) is 4.75. The quantitative estimate of drug-likeness (QED) is 0.634. The van der Waals surface area contributed by atoms with Crippen LogP contribution in [0.3, 0.4) is 0 Å². The Morgan fingerprint density at radius 3 is 2.28 bits per heavy atom. The first kappa shape index (κ1) is 14.8. The molecule has 1 heterocycles. The van der Waals surface area contributed by atoms with Crippen molar-refractivity contribution in [3.05, 3.63) is 18.3 Å². The Balaban J connectivity index is 1.91. The van der Waals surface area contributed by atoms with E-state index >= 15 is 0 Å². The Kier molecular flexibility index (Phi) is 8.02. The summed E-state index contributed by atoms with van der Waals surface area (Å²) < 4.78 is 5.54. The lowest BCUT2D eigenvalue weighted by Crippen LogP contribution is -1.99. The highest BCUT2D eigenvalue weighted by molar-refractivity contribution is 5.35. The molecule has 0 aliphatic heterocycles. The van der Waals surface area contributed by atoms with Crippen molar-refractivity contribution in [2.75, 3.05) is 12.3 Å². The van der Waals surface area contributed by atoms with Gasteiger partial charge in [-0.1, -0.05) is 51.9 Å². The SMILES string of the molecule is CCCCCCCCCCOc1ccc(N)cn1. The number of nitrogens with two attached hydrogens (primary N) is 1. The molecule has 0 saturated heterocycles. The van der Waals surface area contributed by atoms with E-state index in [1.807, 2.05) is 12.1 Å². The number of hydrogen-bond acceptors (Lipinski definition) is 3. The Hall–Kier alpha value is -1.25. The molecule has 1 rings (SSSR count). The van der Waals surface area contributed by atoms with E-state index < -0.39 is 0 Å². The lowest BCUT2D eigenvalue weighted by Gasteiger charge is -2.05. The van der Waals surface area contributed by atoms with Gasteiger partial charge < -0.3 is 10.5 Å². The molecule has 1 aromatic heterocycles. The molecule has 0 atom stereocenters. The van der Waals surface area contributed by atoms with Crippen LogP contribution in [0, 0.1) is 0 Å². The van der Waals surface area contributed by atoms with E-state index in [4.69, 9.17) is 10.5 Å². The number of nitrogen functional groups attached to an aromatic ring is 1.